The van der Waals surface area contributed by atoms with E-state index in [4.69, 9.17) is 45.1 Å². The first-order valence-electron chi connectivity index (χ1n) is 20.7. The van der Waals surface area contributed by atoms with E-state index in [9.17, 15) is 5.21 Å². The van der Waals surface area contributed by atoms with Crippen LogP contribution in [0.5, 0.6) is 34.6 Å². The lowest BCUT2D eigenvalue weighted by atomic mass is 10.3. The average Bonchev–Trinajstić information content (AvgIpc) is 3.22. The second-order valence-electron chi connectivity index (χ2n) is 13.9. The minimum Gasteiger partial charge on any atom is -0.619 e. The molecule has 61 heavy (non-hydrogen) atoms. The maximum absolute atomic E-state index is 11.0. The summed E-state index contributed by atoms with van der Waals surface area (Å²) < 4.78 is 32.7. The van der Waals surface area contributed by atoms with Crippen LogP contribution in [0.1, 0.15) is 93.5 Å². The van der Waals surface area contributed by atoms with Crippen molar-refractivity contribution in [3.05, 3.63) is 118 Å². The quantitative estimate of drug-likeness (QED) is 0.0386. The number of methoxy groups -OCH3 is 2. The summed E-state index contributed by atoms with van der Waals surface area (Å²) in [5.74, 6) is 3.67. The van der Waals surface area contributed by atoms with Crippen molar-refractivity contribution in [3.63, 3.8) is 0 Å². The summed E-state index contributed by atoms with van der Waals surface area (Å²) in [6.45, 7) is 19.6. The molecule has 0 aliphatic heterocycles. The van der Waals surface area contributed by atoms with Gasteiger partial charge in [0, 0.05) is 50.5 Å². The SMILES string of the molecule is CCCCOc1cc(C)c[n+]([O-])c1.CCCCOc1cc(C)cnc1Cl.CCCCOc1cncc(C)c1.COCCCOc1cc(C)cnc1OC.Cc1cncc(O)c1. The van der Waals surface area contributed by atoms with Gasteiger partial charge in [-0.1, -0.05) is 51.6 Å². The maximum Gasteiger partial charge on any atom is 0.256 e. The molecule has 0 atom stereocenters. The summed E-state index contributed by atoms with van der Waals surface area (Å²) in [4.78, 5) is 15.9. The molecule has 5 aromatic heterocycles. The second-order valence-corrected chi connectivity index (χ2v) is 14.3. The smallest absolute Gasteiger partial charge is 0.256 e. The Bertz CT molecular complexity index is 1870. The molecule has 5 heterocycles. The molecule has 5 aromatic rings. The first-order valence-corrected chi connectivity index (χ1v) is 21.1. The molecular formula is C47H68ClN5O8. The molecule has 0 aliphatic rings. The largest absolute Gasteiger partial charge is 0.619 e. The van der Waals surface area contributed by atoms with Gasteiger partial charge in [0.05, 0.1) is 45.9 Å². The number of pyridine rings is 5. The summed E-state index contributed by atoms with van der Waals surface area (Å²) >= 11 is 5.84. The van der Waals surface area contributed by atoms with Crippen molar-refractivity contribution in [3.8, 4) is 34.6 Å². The van der Waals surface area contributed by atoms with Gasteiger partial charge in [-0.2, -0.15) is 4.73 Å². The Hall–Kier alpha value is -5.40. The lowest BCUT2D eigenvalue weighted by molar-refractivity contribution is -0.606. The highest BCUT2D eigenvalue weighted by Gasteiger charge is 2.06. The molecule has 0 aromatic carbocycles. The van der Waals surface area contributed by atoms with Crippen LogP contribution in [-0.4, -0.2) is 72.3 Å². The van der Waals surface area contributed by atoms with E-state index in [0.717, 1.165) is 83.4 Å². The molecular weight excluding hydrogens is 798 g/mol. The molecule has 0 unspecified atom stereocenters. The Kier molecular flexibility index (Phi) is 29.3. The van der Waals surface area contributed by atoms with Gasteiger partial charge in [0.1, 0.15) is 11.5 Å². The van der Waals surface area contributed by atoms with Gasteiger partial charge < -0.3 is 38.7 Å². The highest BCUT2D eigenvalue weighted by Crippen LogP contribution is 2.25. The van der Waals surface area contributed by atoms with Crippen LogP contribution in [0.25, 0.3) is 0 Å². The molecule has 1 N–H and O–H groups in total. The highest BCUT2D eigenvalue weighted by atomic mass is 35.5. The maximum atomic E-state index is 11.0. The Labute approximate surface area is 369 Å². The Morgan fingerprint density at radius 1 is 0.557 bits per heavy atom. The van der Waals surface area contributed by atoms with E-state index < -0.39 is 0 Å². The van der Waals surface area contributed by atoms with Gasteiger partial charge in [-0.3, -0.25) is 9.97 Å². The third-order valence-electron chi connectivity index (χ3n) is 7.80. The van der Waals surface area contributed by atoms with Gasteiger partial charge in [0.25, 0.3) is 5.88 Å². The summed E-state index contributed by atoms with van der Waals surface area (Å²) in [6.07, 6.45) is 20.5. The van der Waals surface area contributed by atoms with E-state index in [1.807, 2.05) is 65.1 Å². The molecule has 0 saturated heterocycles. The van der Waals surface area contributed by atoms with E-state index >= 15 is 0 Å². The predicted molar refractivity (Wildman–Crippen MR) is 242 cm³/mol. The van der Waals surface area contributed by atoms with Crippen molar-refractivity contribution in [1.29, 1.82) is 0 Å². The van der Waals surface area contributed by atoms with Gasteiger partial charge in [-0.05, 0) is 106 Å². The van der Waals surface area contributed by atoms with E-state index in [1.54, 1.807) is 45.1 Å². The van der Waals surface area contributed by atoms with Crippen molar-refractivity contribution in [2.24, 2.45) is 0 Å². The number of unbranched alkanes of at least 4 members (excludes halogenated alkanes) is 3. The van der Waals surface area contributed by atoms with E-state index in [0.29, 0.717) is 54.7 Å². The molecule has 336 valence electrons. The molecule has 13 nitrogen and oxygen atoms in total. The molecule has 0 bridgehead atoms. The predicted octanol–water partition coefficient (Wildman–Crippen LogP) is 10.5. The number of hydrogen-bond acceptors (Lipinski definition) is 12. The van der Waals surface area contributed by atoms with Crippen molar-refractivity contribution < 1.29 is 38.3 Å². The van der Waals surface area contributed by atoms with Gasteiger partial charge in [0.2, 0.25) is 6.20 Å². The molecule has 0 spiro atoms. The van der Waals surface area contributed by atoms with Crippen LogP contribution in [0, 0.1) is 39.8 Å². The minimum atomic E-state index is 0.227. The summed E-state index contributed by atoms with van der Waals surface area (Å²) in [5.41, 5.74) is 5.16. The first-order chi connectivity index (χ1) is 29.3. The summed E-state index contributed by atoms with van der Waals surface area (Å²) in [7, 11) is 3.26. The monoisotopic (exact) mass is 865 g/mol. The first kappa shape index (κ1) is 53.6. The van der Waals surface area contributed by atoms with E-state index in [-0.39, 0.29) is 5.75 Å². The van der Waals surface area contributed by atoms with Crippen molar-refractivity contribution in [2.75, 3.05) is 47.3 Å². The van der Waals surface area contributed by atoms with Crippen LogP contribution in [0.2, 0.25) is 5.15 Å². The zero-order valence-corrected chi connectivity index (χ0v) is 38.7. The van der Waals surface area contributed by atoms with Crippen LogP contribution in [-0.2, 0) is 4.74 Å². The number of hydrogen-bond donors (Lipinski definition) is 1. The topological polar surface area (TPSA) is 154 Å². The number of halogens is 1. The molecule has 0 amide bonds. The van der Waals surface area contributed by atoms with Crippen LogP contribution >= 0.6 is 11.6 Å². The van der Waals surface area contributed by atoms with Crippen LogP contribution in [0.15, 0.2) is 79.9 Å². The fraction of sp³-hybridized carbons (Fsp3) is 0.468. The fourth-order valence-electron chi connectivity index (χ4n) is 4.68. The lowest BCUT2D eigenvalue weighted by Crippen LogP contribution is -2.25. The number of rotatable bonds is 18. The normalized spacial score (nSPS) is 9.89. The van der Waals surface area contributed by atoms with E-state index in [1.165, 1.54) is 25.0 Å². The zero-order valence-electron chi connectivity index (χ0n) is 37.9. The summed E-state index contributed by atoms with van der Waals surface area (Å²) in [6, 6.07) is 9.35. The van der Waals surface area contributed by atoms with Gasteiger partial charge in [-0.25, -0.2) is 9.97 Å². The molecule has 5 rings (SSSR count). The van der Waals surface area contributed by atoms with Crippen LogP contribution in [0.4, 0.5) is 0 Å². The molecule has 0 fully saturated rings. The molecule has 0 aliphatic carbocycles. The minimum absolute atomic E-state index is 0.227. The standard InChI is InChI=1S/C11H17NO3.C10H14ClNO.C10H15NO2.C10H15NO.C6H7NO/c1-9-7-10(11(14-3)12-8-9)15-6-4-5-13-2;1-3-4-5-13-9-6-8(2)7-12-10(9)11;1-3-4-5-13-10-6-9(2)7-11(12)8-10;1-3-4-5-12-10-6-9(2)7-11-8-10;1-5-2-6(8)4-7-3-5/h7-8H,4-6H2,1-3H3;6-7H,3-5H2,1-2H3;6-8H,3-5H2,1-2H3;6-8H,3-5H2,1-2H3;2-4,8H,1H3. The Balaban J connectivity index is 0.000000385. The Morgan fingerprint density at radius 2 is 1.07 bits per heavy atom. The summed E-state index contributed by atoms with van der Waals surface area (Å²) in [5, 5.41) is 20.2. The number of aromatic hydroxyl groups is 1. The molecule has 14 heteroatoms. The van der Waals surface area contributed by atoms with Crippen molar-refractivity contribution in [1.82, 2.24) is 19.9 Å². The molecule has 0 saturated carbocycles. The van der Waals surface area contributed by atoms with Crippen molar-refractivity contribution >= 4 is 11.6 Å². The number of aryl methyl sites for hydroxylation is 5. The zero-order chi connectivity index (χ0) is 45.3. The van der Waals surface area contributed by atoms with Gasteiger partial charge in [0.15, 0.2) is 28.6 Å². The average molecular weight is 867 g/mol. The van der Waals surface area contributed by atoms with Crippen LogP contribution in [0.3, 0.4) is 0 Å². The van der Waals surface area contributed by atoms with Crippen LogP contribution < -0.4 is 28.4 Å². The lowest BCUT2D eigenvalue weighted by Gasteiger charge is -2.09. The van der Waals surface area contributed by atoms with Gasteiger partial charge >= 0.3 is 0 Å². The number of ether oxygens (including phenoxy) is 6. The number of aromatic nitrogens is 5. The molecule has 0 radical (unpaired) electrons. The second kappa shape index (κ2) is 33.3. The fourth-order valence-corrected chi connectivity index (χ4v) is 4.84. The van der Waals surface area contributed by atoms with Crippen molar-refractivity contribution in [2.45, 2.75) is 100 Å². The Morgan fingerprint density at radius 3 is 1.61 bits per heavy atom. The third kappa shape index (κ3) is 26.4. The third-order valence-corrected chi connectivity index (χ3v) is 8.08. The highest BCUT2D eigenvalue weighted by molar-refractivity contribution is 6.30. The van der Waals surface area contributed by atoms with E-state index in [2.05, 4.69) is 40.7 Å². The van der Waals surface area contributed by atoms with Gasteiger partial charge in [-0.15, -0.1) is 0 Å². The number of nitrogens with zero attached hydrogens (tertiary/aromatic N) is 5.